The highest BCUT2D eigenvalue weighted by Gasteiger charge is 2.24. The van der Waals surface area contributed by atoms with Crippen molar-refractivity contribution in [3.63, 3.8) is 0 Å². The van der Waals surface area contributed by atoms with E-state index in [0.717, 1.165) is 4.88 Å². The van der Waals surface area contributed by atoms with Crippen LogP contribution in [-0.4, -0.2) is 25.2 Å². The number of anilines is 1. The predicted molar refractivity (Wildman–Crippen MR) is 144 cm³/mol. The van der Waals surface area contributed by atoms with Crippen molar-refractivity contribution < 1.29 is 23.4 Å². The maximum atomic E-state index is 13.4. The first kappa shape index (κ1) is 26.7. The number of pyridine rings is 1. The first-order valence-electron chi connectivity index (χ1n) is 11.2. The Morgan fingerprint density at radius 1 is 1.03 bits per heavy atom. The third-order valence-electron chi connectivity index (χ3n) is 5.52. The predicted octanol–water partition coefficient (Wildman–Crippen LogP) is 7.36. The summed E-state index contributed by atoms with van der Waals surface area (Å²) in [5.74, 6) is 0.221. The number of nitrogens with one attached hydrogen (secondary N) is 1. The fourth-order valence-corrected chi connectivity index (χ4v) is 5.01. The van der Waals surface area contributed by atoms with Crippen molar-refractivity contribution in [2.24, 2.45) is 0 Å². The molecule has 0 aliphatic carbocycles. The maximum Gasteiger partial charge on any atom is 0.348 e. The van der Waals surface area contributed by atoms with Gasteiger partial charge in [0, 0.05) is 35.9 Å². The van der Waals surface area contributed by atoms with Gasteiger partial charge in [-0.25, -0.2) is 9.18 Å². The molecule has 37 heavy (non-hydrogen) atoms. The summed E-state index contributed by atoms with van der Waals surface area (Å²) in [5, 5.41) is 3.89. The van der Waals surface area contributed by atoms with Gasteiger partial charge in [-0.2, -0.15) is 0 Å². The molecule has 2 aromatic heterocycles. The maximum absolute atomic E-state index is 13.4. The summed E-state index contributed by atoms with van der Waals surface area (Å²) in [6.45, 7) is 0.433. The molecule has 1 atom stereocenters. The van der Waals surface area contributed by atoms with Gasteiger partial charge in [0.1, 0.15) is 16.8 Å². The smallest absolute Gasteiger partial charge is 0.348 e. The first-order chi connectivity index (χ1) is 17.9. The minimum atomic E-state index is -0.722. The Hall–Kier alpha value is -3.33. The number of carbonyl (C=O) groups is 1. The number of halogens is 3. The van der Waals surface area contributed by atoms with E-state index in [1.165, 1.54) is 43.0 Å². The lowest BCUT2D eigenvalue weighted by atomic mass is 10.0. The highest BCUT2D eigenvalue weighted by Crippen LogP contribution is 2.36. The van der Waals surface area contributed by atoms with Crippen molar-refractivity contribution in [3.05, 3.63) is 104 Å². The molecule has 4 aromatic rings. The lowest BCUT2D eigenvalue weighted by molar-refractivity contribution is 0.0303. The lowest BCUT2D eigenvalue weighted by Crippen LogP contribution is -2.14. The number of carbonyl (C=O) groups excluding carboxylic acids is 1. The van der Waals surface area contributed by atoms with Crippen molar-refractivity contribution in [3.8, 4) is 11.5 Å². The van der Waals surface area contributed by atoms with E-state index in [2.05, 4.69) is 10.3 Å². The summed E-state index contributed by atoms with van der Waals surface area (Å²) >= 11 is 14.0. The lowest BCUT2D eigenvalue weighted by Gasteiger charge is -2.20. The summed E-state index contributed by atoms with van der Waals surface area (Å²) < 4.78 is 30.2. The van der Waals surface area contributed by atoms with Gasteiger partial charge in [0.15, 0.2) is 11.5 Å². The number of thiophene rings is 1. The Kier molecular flexibility index (Phi) is 8.87. The second-order valence-electron chi connectivity index (χ2n) is 7.92. The van der Waals surface area contributed by atoms with Crippen molar-refractivity contribution in [2.45, 2.75) is 19.1 Å². The number of benzene rings is 2. The van der Waals surface area contributed by atoms with Crippen LogP contribution >= 0.6 is 34.5 Å². The molecule has 0 radical (unpaired) electrons. The second-order valence-corrected chi connectivity index (χ2v) is 9.91. The number of ether oxygens (including phenoxy) is 3. The Bertz CT molecular complexity index is 1380. The van der Waals surface area contributed by atoms with Crippen molar-refractivity contribution >= 4 is 46.2 Å². The van der Waals surface area contributed by atoms with Crippen LogP contribution < -0.4 is 14.8 Å². The molecule has 1 N–H and O–H groups in total. The van der Waals surface area contributed by atoms with E-state index in [9.17, 15) is 9.18 Å². The largest absolute Gasteiger partial charge is 0.493 e. The first-order valence-corrected chi connectivity index (χ1v) is 12.7. The monoisotopic (exact) mass is 560 g/mol. The van der Waals surface area contributed by atoms with Crippen LogP contribution in [0.2, 0.25) is 10.0 Å². The standard InChI is InChI=1S/C27H23Cl2FN2O4S/c1-34-23-8-6-16(10-25(23)35-2)24(12-20-21(28)14-31-15-22(20)29)36-27(33)26-9-7-19(37-26)13-32-18-5-3-4-17(30)11-18/h3-11,14-15,24,32H,12-13H2,1-2H3/t24-/m0/s1. The number of hydrogen-bond acceptors (Lipinski definition) is 7. The summed E-state index contributed by atoms with van der Waals surface area (Å²) in [5.41, 5.74) is 1.94. The Labute approximate surface area is 227 Å². The summed E-state index contributed by atoms with van der Waals surface area (Å²) in [7, 11) is 3.08. The van der Waals surface area contributed by atoms with E-state index >= 15 is 0 Å². The van der Waals surface area contributed by atoms with Gasteiger partial charge < -0.3 is 19.5 Å². The Morgan fingerprint density at radius 3 is 2.49 bits per heavy atom. The molecule has 6 nitrogen and oxygen atoms in total. The number of methoxy groups -OCH3 is 2. The average Bonchev–Trinajstić information content (AvgIpc) is 3.38. The zero-order valence-electron chi connectivity index (χ0n) is 20.0. The molecule has 10 heteroatoms. The van der Waals surface area contributed by atoms with Crippen LogP contribution in [-0.2, 0) is 17.7 Å². The highest BCUT2D eigenvalue weighted by molar-refractivity contribution is 7.13. The average molecular weight is 561 g/mol. The van der Waals surface area contributed by atoms with Crippen LogP contribution in [0.25, 0.3) is 0 Å². The molecule has 2 heterocycles. The van der Waals surface area contributed by atoms with Crippen LogP contribution in [0, 0.1) is 5.82 Å². The topological polar surface area (TPSA) is 69.7 Å². The SMILES string of the molecule is COc1ccc([C@H](Cc2c(Cl)cncc2Cl)OC(=O)c2ccc(CNc3cccc(F)c3)s2)cc1OC. The Morgan fingerprint density at radius 2 is 1.78 bits per heavy atom. The minimum Gasteiger partial charge on any atom is -0.493 e. The van der Waals surface area contributed by atoms with E-state index in [0.29, 0.717) is 49.8 Å². The fraction of sp³-hybridized carbons (Fsp3) is 0.185. The molecule has 0 amide bonds. The van der Waals surface area contributed by atoms with Gasteiger partial charge in [0.05, 0.1) is 24.3 Å². The third kappa shape index (κ3) is 6.71. The quantitative estimate of drug-likeness (QED) is 0.204. The van der Waals surface area contributed by atoms with Gasteiger partial charge in [-0.05, 0) is 53.6 Å². The minimum absolute atomic E-state index is 0.223. The molecule has 0 bridgehead atoms. The fourth-order valence-electron chi connectivity index (χ4n) is 3.66. The summed E-state index contributed by atoms with van der Waals surface area (Å²) in [6, 6.07) is 15.0. The van der Waals surface area contributed by atoms with Gasteiger partial charge in [-0.3, -0.25) is 4.98 Å². The molecule has 0 unspecified atom stereocenters. The number of rotatable bonds is 10. The molecular weight excluding hydrogens is 538 g/mol. The van der Waals surface area contributed by atoms with Crippen molar-refractivity contribution in [2.75, 3.05) is 19.5 Å². The normalized spacial score (nSPS) is 11.6. The van der Waals surface area contributed by atoms with E-state index < -0.39 is 12.1 Å². The number of esters is 1. The summed E-state index contributed by atoms with van der Waals surface area (Å²) in [6.07, 6.45) is 2.49. The van der Waals surface area contributed by atoms with E-state index in [1.54, 1.807) is 43.5 Å². The number of aromatic nitrogens is 1. The number of hydrogen-bond donors (Lipinski definition) is 1. The Balaban J connectivity index is 1.55. The van der Waals surface area contributed by atoms with Crippen molar-refractivity contribution in [1.82, 2.24) is 4.98 Å². The van der Waals surface area contributed by atoms with E-state index in [4.69, 9.17) is 37.4 Å². The zero-order chi connectivity index (χ0) is 26.4. The molecule has 0 aliphatic rings. The second kappa shape index (κ2) is 12.3. The van der Waals surface area contributed by atoms with Gasteiger partial charge in [-0.15, -0.1) is 11.3 Å². The molecule has 0 fully saturated rings. The molecule has 0 saturated heterocycles. The summed E-state index contributed by atoms with van der Waals surface area (Å²) in [4.78, 5) is 18.5. The molecule has 0 saturated carbocycles. The zero-order valence-corrected chi connectivity index (χ0v) is 22.3. The molecule has 2 aromatic carbocycles. The van der Waals surface area contributed by atoms with Gasteiger partial charge in [0.2, 0.25) is 0 Å². The molecular formula is C27H23Cl2FN2O4S. The van der Waals surface area contributed by atoms with Crippen LogP contribution in [0.4, 0.5) is 10.1 Å². The van der Waals surface area contributed by atoms with Gasteiger partial charge >= 0.3 is 5.97 Å². The van der Waals surface area contributed by atoms with Crippen LogP contribution in [0.5, 0.6) is 11.5 Å². The highest BCUT2D eigenvalue weighted by atomic mass is 35.5. The number of nitrogens with zero attached hydrogens (tertiary/aromatic N) is 1. The van der Waals surface area contributed by atoms with Gasteiger partial charge in [-0.1, -0.05) is 35.3 Å². The van der Waals surface area contributed by atoms with Crippen LogP contribution in [0.1, 0.15) is 31.8 Å². The van der Waals surface area contributed by atoms with Gasteiger partial charge in [0.25, 0.3) is 0 Å². The van der Waals surface area contributed by atoms with E-state index in [-0.39, 0.29) is 12.2 Å². The van der Waals surface area contributed by atoms with E-state index in [1.807, 2.05) is 6.07 Å². The molecule has 0 aliphatic heterocycles. The molecule has 0 spiro atoms. The third-order valence-corrected chi connectivity index (χ3v) is 7.24. The van der Waals surface area contributed by atoms with Crippen molar-refractivity contribution in [1.29, 1.82) is 0 Å². The van der Waals surface area contributed by atoms with Crippen LogP contribution in [0.3, 0.4) is 0 Å². The molecule has 192 valence electrons. The molecule has 4 rings (SSSR count). The van der Waals surface area contributed by atoms with Crippen LogP contribution in [0.15, 0.2) is 67.0 Å².